The van der Waals surface area contributed by atoms with Crippen LogP contribution in [-0.4, -0.2) is 66.9 Å². The van der Waals surface area contributed by atoms with Crippen LogP contribution in [0.15, 0.2) is 48.8 Å². The van der Waals surface area contributed by atoms with Gasteiger partial charge < -0.3 is 5.11 Å². The van der Waals surface area contributed by atoms with E-state index in [0.717, 1.165) is 68.9 Å². The second-order valence-corrected chi connectivity index (χ2v) is 7.88. The predicted molar refractivity (Wildman–Crippen MR) is 110 cm³/mol. The van der Waals surface area contributed by atoms with Gasteiger partial charge in [0.15, 0.2) is 5.82 Å². The molecule has 29 heavy (non-hydrogen) atoms. The standard InChI is InChI=1S/C22H26N6O/c29-22-19-15-18(7-8-20(19)25-28(22)21-6-2-4-10-24-21)27-13-11-26(12-14-27)16-17-5-1-3-9-23-17/h1-6,9-10,18,29H,7-8,11-16H2. The highest BCUT2D eigenvalue weighted by molar-refractivity contribution is 5.39. The minimum Gasteiger partial charge on any atom is -0.493 e. The fraction of sp³-hybridized carbons (Fsp3) is 0.409. The summed E-state index contributed by atoms with van der Waals surface area (Å²) in [6, 6.07) is 12.2. The number of hydrogen-bond donors (Lipinski definition) is 1. The highest BCUT2D eigenvalue weighted by Gasteiger charge is 2.31. The van der Waals surface area contributed by atoms with Crippen molar-refractivity contribution < 1.29 is 5.11 Å². The van der Waals surface area contributed by atoms with Crippen LogP contribution in [0.4, 0.5) is 0 Å². The molecule has 0 aromatic carbocycles. The van der Waals surface area contributed by atoms with E-state index in [1.165, 1.54) is 0 Å². The number of pyridine rings is 2. The lowest BCUT2D eigenvalue weighted by Gasteiger charge is -2.40. The Morgan fingerprint density at radius 2 is 1.76 bits per heavy atom. The second-order valence-electron chi connectivity index (χ2n) is 7.88. The molecule has 1 fully saturated rings. The maximum atomic E-state index is 10.8. The number of piperazine rings is 1. The summed E-state index contributed by atoms with van der Waals surface area (Å²) in [5.41, 5.74) is 3.14. The molecule has 0 radical (unpaired) electrons. The van der Waals surface area contributed by atoms with E-state index in [9.17, 15) is 5.11 Å². The molecule has 0 spiro atoms. The summed E-state index contributed by atoms with van der Waals surface area (Å²) in [5.74, 6) is 0.913. The van der Waals surface area contributed by atoms with Gasteiger partial charge in [-0.3, -0.25) is 14.8 Å². The maximum Gasteiger partial charge on any atom is 0.219 e. The molecule has 1 aliphatic carbocycles. The van der Waals surface area contributed by atoms with Crippen molar-refractivity contribution in [2.45, 2.75) is 31.8 Å². The number of hydrogen-bond acceptors (Lipinski definition) is 6. The third-order valence-corrected chi connectivity index (χ3v) is 6.10. The van der Waals surface area contributed by atoms with Gasteiger partial charge in [-0.1, -0.05) is 12.1 Å². The number of aryl methyl sites for hydroxylation is 1. The first kappa shape index (κ1) is 18.3. The second kappa shape index (κ2) is 7.93. The molecular weight excluding hydrogens is 364 g/mol. The van der Waals surface area contributed by atoms with Crippen molar-refractivity contribution in [3.05, 3.63) is 65.7 Å². The number of fused-ring (bicyclic) bond motifs is 1. The Morgan fingerprint density at radius 1 is 0.966 bits per heavy atom. The molecule has 2 aliphatic rings. The zero-order valence-electron chi connectivity index (χ0n) is 16.5. The Kier molecular flexibility index (Phi) is 4.99. The Bertz CT molecular complexity index is 950. The Labute approximate surface area is 170 Å². The summed E-state index contributed by atoms with van der Waals surface area (Å²) in [5, 5.41) is 15.4. The molecule has 7 nitrogen and oxygen atoms in total. The van der Waals surface area contributed by atoms with Gasteiger partial charge in [0.1, 0.15) is 0 Å². The van der Waals surface area contributed by atoms with Gasteiger partial charge in [0.05, 0.1) is 11.4 Å². The van der Waals surface area contributed by atoms with E-state index in [2.05, 4.69) is 37.0 Å². The highest BCUT2D eigenvalue weighted by atomic mass is 16.3. The van der Waals surface area contributed by atoms with Crippen molar-refractivity contribution in [2.75, 3.05) is 26.2 Å². The molecule has 1 unspecified atom stereocenters. The quantitative estimate of drug-likeness (QED) is 0.735. The minimum atomic E-state index is 0.247. The van der Waals surface area contributed by atoms with Crippen LogP contribution in [-0.2, 0) is 19.4 Å². The lowest BCUT2D eigenvalue weighted by molar-refractivity contribution is 0.0846. The molecule has 1 saturated heterocycles. The smallest absolute Gasteiger partial charge is 0.219 e. The van der Waals surface area contributed by atoms with Crippen LogP contribution < -0.4 is 0 Å². The fourth-order valence-corrected chi connectivity index (χ4v) is 4.49. The molecule has 4 heterocycles. The average Bonchev–Trinajstić information content (AvgIpc) is 3.12. The Hall–Kier alpha value is -2.77. The summed E-state index contributed by atoms with van der Waals surface area (Å²) in [6.45, 7) is 5.14. The van der Waals surface area contributed by atoms with Gasteiger partial charge in [-0.05, 0) is 43.5 Å². The first-order valence-corrected chi connectivity index (χ1v) is 10.4. The molecule has 7 heteroatoms. The molecule has 3 aromatic heterocycles. The summed E-state index contributed by atoms with van der Waals surface area (Å²) < 4.78 is 1.58. The minimum absolute atomic E-state index is 0.247. The lowest BCUT2D eigenvalue weighted by atomic mass is 9.91. The van der Waals surface area contributed by atoms with Crippen molar-refractivity contribution in [3.63, 3.8) is 0 Å². The van der Waals surface area contributed by atoms with Gasteiger partial charge in [0, 0.05) is 56.7 Å². The van der Waals surface area contributed by atoms with E-state index >= 15 is 0 Å². The van der Waals surface area contributed by atoms with Crippen molar-refractivity contribution in [3.8, 4) is 11.7 Å². The highest BCUT2D eigenvalue weighted by Crippen LogP contribution is 2.32. The lowest BCUT2D eigenvalue weighted by Crippen LogP contribution is -2.51. The van der Waals surface area contributed by atoms with Crippen molar-refractivity contribution >= 4 is 0 Å². The van der Waals surface area contributed by atoms with Crippen LogP contribution in [0.2, 0.25) is 0 Å². The molecule has 5 rings (SSSR count). The van der Waals surface area contributed by atoms with Crippen LogP contribution >= 0.6 is 0 Å². The summed E-state index contributed by atoms with van der Waals surface area (Å²) in [4.78, 5) is 13.8. The van der Waals surface area contributed by atoms with Crippen LogP contribution in [0.1, 0.15) is 23.4 Å². The van der Waals surface area contributed by atoms with E-state index in [0.29, 0.717) is 11.9 Å². The summed E-state index contributed by atoms with van der Waals surface area (Å²) in [7, 11) is 0. The maximum absolute atomic E-state index is 10.8. The van der Waals surface area contributed by atoms with Gasteiger partial charge in [-0.2, -0.15) is 9.78 Å². The SMILES string of the molecule is Oc1c2c(nn1-c1ccccn1)CCC(N1CCN(Cc3ccccn3)CC1)C2. The topological polar surface area (TPSA) is 70.3 Å². The van der Waals surface area contributed by atoms with Crippen LogP contribution in [0.3, 0.4) is 0 Å². The van der Waals surface area contributed by atoms with E-state index < -0.39 is 0 Å². The van der Waals surface area contributed by atoms with E-state index in [1.54, 1.807) is 10.9 Å². The molecule has 0 saturated carbocycles. The molecular formula is C22H26N6O. The zero-order valence-corrected chi connectivity index (χ0v) is 16.5. The van der Waals surface area contributed by atoms with Crippen molar-refractivity contribution in [1.29, 1.82) is 0 Å². The predicted octanol–water partition coefficient (Wildman–Crippen LogP) is 2.04. The van der Waals surface area contributed by atoms with Gasteiger partial charge in [-0.25, -0.2) is 4.98 Å². The first-order chi connectivity index (χ1) is 14.3. The first-order valence-electron chi connectivity index (χ1n) is 10.4. The number of nitrogens with zero attached hydrogens (tertiary/aromatic N) is 6. The summed E-state index contributed by atoms with van der Waals surface area (Å²) in [6.07, 6.45) is 6.44. The third-order valence-electron chi connectivity index (χ3n) is 6.10. The molecule has 1 atom stereocenters. The van der Waals surface area contributed by atoms with Crippen LogP contribution in [0.5, 0.6) is 5.88 Å². The zero-order chi connectivity index (χ0) is 19.6. The normalized spacial score (nSPS) is 20.5. The Balaban J connectivity index is 1.23. The fourth-order valence-electron chi connectivity index (χ4n) is 4.49. The molecule has 0 amide bonds. The molecule has 3 aromatic rings. The molecule has 1 aliphatic heterocycles. The molecule has 150 valence electrons. The van der Waals surface area contributed by atoms with Gasteiger partial charge >= 0.3 is 0 Å². The van der Waals surface area contributed by atoms with E-state index in [-0.39, 0.29) is 5.88 Å². The van der Waals surface area contributed by atoms with Crippen molar-refractivity contribution in [1.82, 2.24) is 29.5 Å². The monoisotopic (exact) mass is 390 g/mol. The molecule has 1 N–H and O–H groups in total. The van der Waals surface area contributed by atoms with Gasteiger partial charge in [-0.15, -0.1) is 0 Å². The Morgan fingerprint density at radius 3 is 2.48 bits per heavy atom. The van der Waals surface area contributed by atoms with Gasteiger partial charge in [0.25, 0.3) is 0 Å². The number of aromatic hydroxyl groups is 1. The van der Waals surface area contributed by atoms with Crippen molar-refractivity contribution in [2.24, 2.45) is 0 Å². The van der Waals surface area contributed by atoms with E-state index in [4.69, 9.17) is 0 Å². The largest absolute Gasteiger partial charge is 0.493 e. The molecule has 0 bridgehead atoms. The summed E-state index contributed by atoms with van der Waals surface area (Å²) >= 11 is 0. The number of rotatable bonds is 4. The van der Waals surface area contributed by atoms with E-state index in [1.807, 2.05) is 30.5 Å². The third kappa shape index (κ3) is 3.75. The van der Waals surface area contributed by atoms with Gasteiger partial charge in [0.2, 0.25) is 5.88 Å². The van der Waals surface area contributed by atoms with Crippen LogP contribution in [0.25, 0.3) is 5.82 Å². The average molecular weight is 390 g/mol. The number of aromatic nitrogens is 4. The van der Waals surface area contributed by atoms with Crippen LogP contribution in [0, 0.1) is 0 Å².